The number of anilines is 1. The van der Waals surface area contributed by atoms with Gasteiger partial charge >= 0.3 is 5.69 Å². The number of aryl methyl sites for hydroxylation is 1. The highest BCUT2D eigenvalue weighted by atomic mass is 16.5. The first-order chi connectivity index (χ1) is 11.7. The molecule has 0 spiro atoms. The molecular formula is C18H21N3O3. The Balaban J connectivity index is 1.88. The molecule has 3 heterocycles. The molecular weight excluding hydrogens is 306 g/mol. The summed E-state index contributed by atoms with van der Waals surface area (Å²) in [5, 5.41) is 0. The van der Waals surface area contributed by atoms with E-state index >= 15 is 0 Å². The van der Waals surface area contributed by atoms with Crippen molar-refractivity contribution in [2.24, 2.45) is 0 Å². The maximum atomic E-state index is 12.5. The molecule has 0 N–H and O–H groups in total. The second kappa shape index (κ2) is 5.85. The van der Waals surface area contributed by atoms with Gasteiger partial charge in [0.1, 0.15) is 5.82 Å². The lowest BCUT2D eigenvalue weighted by atomic mass is 9.97. The first-order valence-corrected chi connectivity index (χ1v) is 8.33. The minimum Gasteiger partial charge on any atom is -0.493 e. The lowest BCUT2D eigenvalue weighted by Crippen LogP contribution is -2.31. The monoisotopic (exact) mass is 327 g/mol. The molecule has 1 fully saturated rings. The molecule has 24 heavy (non-hydrogen) atoms. The third kappa shape index (κ3) is 2.33. The van der Waals surface area contributed by atoms with Gasteiger partial charge < -0.3 is 14.4 Å². The van der Waals surface area contributed by atoms with E-state index in [1.807, 2.05) is 18.2 Å². The van der Waals surface area contributed by atoms with Gasteiger partial charge in [-0.2, -0.15) is 4.98 Å². The number of benzene rings is 1. The molecule has 4 rings (SSSR count). The van der Waals surface area contributed by atoms with Crippen molar-refractivity contribution >= 4 is 5.82 Å². The maximum absolute atomic E-state index is 12.5. The standard InChI is InChI=1S/C18H21N3O3/c1-23-15-9-12-5-8-21-14(13(12)10-16(15)24-2)11-17(19-18(21)22)20-6-3-4-7-20/h9-11H,3-8H2,1-2H3. The minimum absolute atomic E-state index is 0.171. The molecule has 0 atom stereocenters. The summed E-state index contributed by atoms with van der Waals surface area (Å²) < 4.78 is 12.6. The smallest absolute Gasteiger partial charge is 0.350 e. The number of methoxy groups -OCH3 is 2. The normalized spacial score (nSPS) is 15.8. The lowest BCUT2D eigenvalue weighted by molar-refractivity contribution is 0.354. The summed E-state index contributed by atoms with van der Waals surface area (Å²) in [5.74, 6) is 2.18. The Morgan fingerprint density at radius 2 is 1.71 bits per heavy atom. The number of nitrogens with zero attached hydrogens (tertiary/aromatic N) is 3. The second-order valence-electron chi connectivity index (χ2n) is 6.24. The van der Waals surface area contributed by atoms with Crippen molar-refractivity contribution in [2.45, 2.75) is 25.8 Å². The average molecular weight is 327 g/mol. The van der Waals surface area contributed by atoms with Crippen LogP contribution in [-0.2, 0) is 13.0 Å². The molecule has 0 unspecified atom stereocenters. The van der Waals surface area contributed by atoms with Gasteiger partial charge in [0, 0.05) is 31.3 Å². The molecule has 2 aromatic rings. The van der Waals surface area contributed by atoms with Gasteiger partial charge in [0.15, 0.2) is 11.5 Å². The van der Waals surface area contributed by atoms with E-state index in [0.717, 1.165) is 55.2 Å². The Bertz CT molecular complexity index is 838. The van der Waals surface area contributed by atoms with Gasteiger partial charge in [0.25, 0.3) is 0 Å². The topological polar surface area (TPSA) is 56.6 Å². The van der Waals surface area contributed by atoms with Crippen LogP contribution < -0.4 is 20.1 Å². The summed E-state index contributed by atoms with van der Waals surface area (Å²) in [6.45, 7) is 2.58. The number of hydrogen-bond acceptors (Lipinski definition) is 5. The highest BCUT2D eigenvalue weighted by molar-refractivity contribution is 5.72. The number of rotatable bonds is 3. The molecule has 0 bridgehead atoms. The molecule has 1 aromatic heterocycles. The molecule has 6 heteroatoms. The van der Waals surface area contributed by atoms with Gasteiger partial charge in [-0.15, -0.1) is 0 Å². The first-order valence-electron chi connectivity index (χ1n) is 8.33. The summed E-state index contributed by atoms with van der Waals surface area (Å²) in [5.41, 5.74) is 2.94. The predicted molar refractivity (Wildman–Crippen MR) is 92.2 cm³/mol. The summed E-state index contributed by atoms with van der Waals surface area (Å²) in [6.07, 6.45) is 3.09. The number of fused-ring (bicyclic) bond motifs is 3. The Hall–Kier alpha value is -2.50. The fourth-order valence-electron chi connectivity index (χ4n) is 3.64. The summed E-state index contributed by atoms with van der Waals surface area (Å²) in [7, 11) is 3.27. The van der Waals surface area contributed by atoms with Crippen molar-refractivity contribution in [3.05, 3.63) is 34.2 Å². The van der Waals surface area contributed by atoms with E-state index in [4.69, 9.17) is 9.47 Å². The van der Waals surface area contributed by atoms with Crippen LogP contribution in [-0.4, -0.2) is 36.9 Å². The van der Waals surface area contributed by atoms with E-state index in [9.17, 15) is 4.79 Å². The lowest BCUT2D eigenvalue weighted by Gasteiger charge is -2.25. The van der Waals surface area contributed by atoms with E-state index in [1.165, 1.54) is 5.56 Å². The molecule has 0 radical (unpaired) electrons. The SMILES string of the molecule is COc1cc2c(cc1OC)-c1cc(N3CCCC3)nc(=O)n1CC2. The minimum atomic E-state index is -0.171. The molecule has 0 saturated carbocycles. The van der Waals surface area contributed by atoms with Crippen LogP contribution in [0, 0.1) is 0 Å². The van der Waals surface area contributed by atoms with Gasteiger partial charge in [0.2, 0.25) is 0 Å². The van der Waals surface area contributed by atoms with Crippen LogP contribution in [0.4, 0.5) is 5.82 Å². The van der Waals surface area contributed by atoms with Crippen molar-refractivity contribution in [1.29, 1.82) is 0 Å². The number of ether oxygens (including phenoxy) is 2. The van der Waals surface area contributed by atoms with Gasteiger partial charge in [-0.3, -0.25) is 4.57 Å². The largest absolute Gasteiger partial charge is 0.493 e. The van der Waals surface area contributed by atoms with Gasteiger partial charge in [-0.05, 0) is 37.0 Å². The van der Waals surface area contributed by atoms with Crippen LogP contribution in [0.1, 0.15) is 18.4 Å². The summed E-state index contributed by atoms with van der Waals surface area (Å²) >= 11 is 0. The molecule has 0 aliphatic carbocycles. The highest BCUT2D eigenvalue weighted by Gasteiger charge is 2.23. The predicted octanol–water partition coefficient (Wildman–Crippen LogP) is 2.08. The zero-order chi connectivity index (χ0) is 16.7. The molecule has 2 aliphatic heterocycles. The van der Waals surface area contributed by atoms with Gasteiger partial charge in [0.05, 0.1) is 19.9 Å². The van der Waals surface area contributed by atoms with E-state index < -0.39 is 0 Å². The molecule has 1 aromatic carbocycles. The summed E-state index contributed by atoms with van der Waals surface area (Å²) in [4.78, 5) is 19.0. The highest BCUT2D eigenvalue weighted by Crippen LogP contribution is 2.38. The average Bonchev–Trinajstić information content (AvgIpc) is 3.14. The van der Waals surface area contributed by atoms with Crippen molar-refractivity contribution in [3.8, 4) is 22.8 Å². The van der Waals surface area contributed by atoms with Gasteiger partial charge in [-0.25, -0.2) is 4.79 Å². The van der Waals surface area contributed by atoms with Gasteiger partial charge in [-0.1, -0.05) is 0 Å². The fraction of sp³-hybridized carbons (Fsp3) is 0.444. The molecule has 1 saturated heterocycles. The Kier molecular flexibility index (Phi) is 3.67. The van der Waals surface area contributed by atoms with Crippen LogP contribution >= 0.6 is 0 Å². The summed E-state index contributed by atoms with van der Waals surface area (Å²) in [6, 6.07) is 6.01. The maximum Gasteiger partial charge on any atom is 0.350 e. The third-order valence-corrected chi connectivity index (χ3v) is 4.92. The van der Waals surface area contributed by atoms with Crippen molar-refractivity contribution in [2.75, 3.05) is 32.2 Å². The quantitative estimate of drug-likeness (QED) is 0.864. The number of hydrogen-bond donors (Lipinski definition) is 0. The van der Waals surface area contributed by atoms with E-state index in [1.54, 1.807) is 18.8 Å². The molecule has 2 aliphatic rings. The van der Waals surface area contributed by atoms with Crippen LogP contribution in [0.15, 0.2) is 23.0 Å². The van der Waals surface area contributed by atoms with Crippen LogP contribution in [0.3, 0.4) is 0 Å². The fourth-order valence-corrected chi connectivity index (χ4v) is 3.64. The van der Waals surface area contributed by atoms with Crippen molar-refractivity contribution < 1.29 is 9.47 Å². The Labute approximate surface area is 140 Å². The Morgan fingerprint density at radius 1 is 1.00 bits per heavy atom. The molecule has 6 nitrogen and oxygen atoms in total. The van der Waals surface area contributed by atoms with Crippen molar-refractivity contribution in [3.63, 3.8) is 0 Å². The van der Waals surface area contributed by atoms with E-state index in [0.29, 0.717) is 12.3 Å². The zero-order valence-corrected chi connectivity index (χ0v) is 14.0. The zero-order valence-electron chi connectivity index (χ0n) is 14.0. The third-order valence-electron chi connectivity index (χ3n) is 4.92. The second-order valence-corrected chi connectivity index (χ2v) is 6.24. The first kappa shape index (κ1) is 15.1. The van der Waals surface area contributed by atoms with Crippen molar-refractivity contribution in [1.82, 2.24) is 9.55 Å². The molecule has 126 valence electrons. The van der Waals surface area contributed by atoms with Crippen LogP contribution in [0.5, 0.6) is 11.5 Å². The Morgan fingerprint density at radius 3 is 2.42 bits per heavy atom. The van der Waals surface area contributed by atoms with Crippen LogP contribution in [0.25, 0.3) is 11.3 Å². The molecule has 0 amide bonds. The number of aromatic nitrogens is 2. The van der Waals surface area contributed by atoms with E-state index in [2.05, 4.69) is 9.88 Å². The van der Waals surface area contributed by atoms with E-state index in [-0.39, 0.29) is 5.69 Å². The van der Waals surface area contributed by atoms with Crippen LogP contribution in [0.2, 0.25) is 0 Å².